The minimum absolute atomic E-state index is 0.0365. The number of piperidine rings is 1. The van der Waals surface area contributed by atoms with Crippen LogP contribution in [0, 0.1) is 6.92 Å². The van der Waals surface area contributed by atoms with Gasteiger partial charge in [0.2, 0.25) is 15.9 Å². The summed E-state index contributed by atoms with van der Waals surface area (Å²) < 4.78 is 25.2. The largest absolute Gasteiger partial charge is 0.351 e. The molecule has 1 unspecified atom stereocenters. The SMILES string of the molecule is Cc1ccc(CNC(=O)CN2CCCC(NS(C)(=O)=O)C2)cc1. The molecule has 128 valence electrons. The molecule has 1 aliphatic rings. The summed E-state index contributed by atoms with van der Waals surface area (Å²) in [5, 5.41) is 2.91. The average Bonchev–Trinajstić information content (AvgIpc) is 2.45. The lowest BCUT2D eigenvalue weighted by atomic mass is 10.1. The van der Waals surface area contributed by atoms with Crippen LogP contribution in [0.15, 0.2) is 24.3 Å². The van der Waals surface area contributed by atoms with Crippen LogP contribution in [0.1, 0.15) is 24.0 Å². The maximum absolute atomic E-state index is 12.1. The van der Waals surface area contributed by atoms with Gasteiger partial charge in [0.05, 0.1) is 12.8 Å². The number of hydrogen-bond acceptors (Lipinski definition) is 4. The van der Waals surface area contributed by atoms with Crippen molar-refractivity contribution in [2.45, 2.75) is 32.4 Å². The number of nitrogens with zero attached hydrogens (tertiary/aromatic N) is 1. The number of likely N-dealkylation sites (tertiary alicyclic amines) is 1. The van der Waals surface area contributed by atoms with Gasteiger partial charge >= 0.3 is 0 Å². The second kappa shape index (κ2) is 7.90. The van der Waals surface area contributed by atoms with E-state index in [1.165, 1.54) is 11.8 Å². The number of aryl methyl sites for hydroxylation is 1. The molecule has 2 rings (SSSR count). The summed E-state index contributed by atoms with van der Waals surface area (Å²) in [4.78, 5) is 14.0. The average molecular weight is 339 g/mol. The van der Waals surface area contributed by atoms with Crippen LogP contribution in [0.3, 0.4) is 0 Å². The fraction of sp³-hybridized carbons (Fsp3) is 0.562. The van der Waals surface area contributed by atoms with Gasteiger partial charge in [-0.15, -0.1) is 0 Å². The molecule has 2 N–H and O–H groups in total. The molecule has 1 atom stereocenters. The fourth-order valence-corrected chi connectivity index (χ4v) is 3.56. The van der Waals surface area contributed by atoms with Crippen molar-refractivity contribution in [2.24, 2.45) is 0 Å². The van der Waals surface area contributed by atoms with Gasteiger partial charge in [0.25, 0.3) is 0 Å². The molecule has 23 heavy (non-hydrogen) atoms. The molecule has 1 aromatic carbocycles. The van der Waals surface area contributed by atoms with Gasteiger partial charge in [0.1, 0.15) is 0 Å². The van der Waals surface area contributed by atoms with Crippen LogP contribution in [-0.2, 0) is 21.4 Å². The Kier molecular flexibility index (Phi) is 6.15. The van der Waals surface area contributed by atoms with Crippen LogP contribution in [0.5, 0.6) is 0 Å². The third-order valence-electron chi connectivity index (χ3n) is 3.86. The van der Waals surface area contributed by atoms with E-state index in [2.05, 4.69) is 10.0 Å². The smallest absolute Gasteiger partial charge is 0.234 e. The van der Waals surface area contributed by atoms with Crippen molar-refractivity contribution >= 4 is 15.9 Å². The lowest BCUT2D eigenvalue weighted by Crippen LogP contribution is -2.49. The molecule has 1 aromatic rings. The molecule has 1 saturated heterocycles. The monoisotopic (exact) mass is 339 g/mol. The van der Waals surface area contributed by atoms with Crippen LogP contribution in [-0.4, -0.2) is 51.2 Å². The van der Waals surface area contributed by atoms with E-state index in [1.807, 2.05) is 36.1 Å². The normalized spacial score (nSPS) is 19.5. The maximum Gasteiger partial charge on any atom is 0.234 e. The summed E-state index contributed by atoms with van der Waals surface area (Å²) in [5.41, 5.74) is 2.26. The number of amides is 1. The Hall–Kier alpha value is -1.44. The fourth-order valence-electron chi connectivity index (χ4n) is 2.76. The number of nitrogens with one attached hydrogen (secondary N) is 2. The van der Waals surface area contributed by atoms with E-state index in [9.17, 15) is 13.2 Å². The van der Waals surface area contributed by atoms with Crippen LogP contribution in [0.2, 0.25) is 0 Å². The summed E-state index contributed by atoms with van der Waals surface area (Å²) in [7, 11) is -3.20. The van der Waals surface area contributed by atoms with E-state index in [4.69, 9.17) is 0 Å². The third kappa shape index (κ3) is 6.68. The van der Waals surface area contributed by atoms with Crippen molar-refractivity contribution in [2.75, 3.05) is 25.9 Å². The first-order valence-electron chi connectivity index (χ1n) is 7.84. The highest BCUT2D eigenvalue weighted by Crippen LogP contribution is 2.10. The maximum atomic E-state index is 12.1. The first-order valence-corrected chi connectivity index (χ1v) is 9.73. The zero-order valence-electron chi connectivity index (χ0n) is 13.7. The molecule has 0 saturated carbocycles. The van der Waals surface area contributed by atoms with Crippen LogP contribution in [0.25, 0.3) is 0 Å². The first kappa shape index (κ1) is 17.9. The van der Waals surface area contributed by atoms with Crippen LogP contribution in [0.4, 0.5) is 0 Å². The van der Waals surface area contributed by atoms with E-state index in [0.717, 1.165) is 24.9 Å². The van der Waals surface area contributed by atoms with Gasteiger partial charge in [-0.25, -0.2) is 13.1 Å². The van der Waals surface area contributed by atoms with E-state index in [-0.39, 0.29) is 11.9 Å². The first-order chi connectivity index (χ1) is 10.8. The second-order valence-electron chi connectivity index (χ2n) is 6.23. The van der Waals surface area contributed by atoms with Gasteiger partial charge in [0.15, 0.2) is 0 Å². The lowest BCUT2D eigenvalue weighted by molar-refractivity contribution is -0.122. The van der Waals surface area contributed by atoms with Gasteiger partial charge in [0, 0.05) is 19.1 Å². The second-order valence-corrected chi connectivity index (χ2v) is 8.01. The Morgan fingerprint density at radius 1 is 1.30 bits per heavy atom. The Bertz CT molecular complexity index is 628. The Labute approximate surface area is 138 Å². The van der Waals surface area contributed by atoms with E-state index in [1.54, 1.807) is 0 Å². The molecule has 1 heterocycles. The number of hydrogen-bond donors (Lipinski definition) is 2. The zero-order chi connectivity index (χ0) is 16.9. The summed E-state index contributed by atoms with van der Waals surface area (Å²) in [6, 6.07) is 7.94. The van der Waals surface area contributed by atoms with E-state index < -0.39 is 10.0 Å². The minimum Gasteiger partial charge on any atom is -0.351 e. The molecule has 0 radical (unpaired) electrons. The third-order valence-corrected chi connectivity index (χ3v) is 4.63. The highest BCUT2D eigenvalue weighted by atomic mass is 32.2. The van der Waals surface area contributed by atoms with Crippen molar-refractivity contribution < 1.29 is 13.2 Å². The minimum atomic E-state index is -3.20. The number of benzene rings is 1. The van der Waals surface area contributed by atoms with Gasteiger partial charge < -0.3 is 5.32 Å². The highest BCUT2D eigenvalue weighted by molar-refractivity contribution is 7.88. The molecular weight excluding hydrogens is 314 g/mol. The Morgan fingerprint density at radius 2 is 2.00 bits per heavy atom. The number of carbonyl (C=O) groups excluding carboxylic acids is 1. The van der Waals surface area contributed by atoms with Gasteiger partial charge in [-0.05, 0) is 31.9 Å². The summed E-state index contributed by atoms with van der Waals surface area (Å²) in [6.45, 7) is 4.23. The van der Waals surface area contributed by atoms with E-state index in [0.29, 0.717) is 19.6 Å². The molecule has 0 aromatic heterocycles. The summed E-state index contributed by atoms with van der Waals surface area (Å²) >= 11 is 0. The van der Waals surface area contributed by atoms with Crippen molar-refractivity contribution in [3.05, 3.63) is 35.4 Å². The Balaban J connectivity index is 1.77. The molecule has 1 fully saturated rings. The zero-order valence-corrected chi connectivity index (χ0v) is 14.5. The quantitative estimate of drug-likeness (QED) is 0.797. The topological polar surface area (TPSA) is 78.5 Å². The van der Waals surface area contributed by atoms with Crippen LogP contribution >= 0.6 is 0 Å². The summed E-state index contributed by atoms with van der Waals surface area (Å²) in [6.07, 6.45) is 2.87. The standard InChI is InChI=1S/C16H25N3O3S/c1-13-5-7-14(8-6-13)10-17-16(20)12-19-9-3-4-15(11-19)18-23(2,21)22/h5-8,15,18H,3-4,9-12H2,1-2H3,(H,17,20). The molecule has 0 aliphatic carbocycles. The predicted molar refractivity (Wildman–Crippen MR) is 90.5 cm³/mol. The predicted octanol–water partition coefficient (Wildman–Crippen LogP) is 0.625. The number of rotatable bonds is 6. The molecule has 0 spiro atoms. The van der Waals surface area contributed by atoms with Gasteiger partial charge in [-0.1, -0.05) is 29.8 Å². The highest BCUT2D eigenvalue weighted by Gasteiger charge is 2.23. The number of sulfonamides is 1. The molecule has 7 heteroatoms. The van der Waals surface area contributed by atoms with Crippen molar-refractivity contribution in [1.29, 1.82) is 0 Å². The molecular formula is C16H25N3O3S. The molecule has 6 nitrogen and oxygen atoms in total. The summed E-state index contributed by atoms with van der Waals surface area (Å²) in [5.74, 6) is -0.0365. The van der Waals surface area contributed by atoms with Crippen molar-refractivity contribution in [1.82, 2.24) is 14.9 Å². The molecule has 1 aliphatic heterocycles. The molecule has 1 amide bonds. The van der Waals surface area contributed by atoms with Gasteiger partial charge in [-0.2, -0.15) is 0 Å². The van der Waals surface area contributed by atoms with E-state index >= 15 is 0 Å². The van der Waals surface area contributed by atoms with Crippen molar-refractivity contribution in [3.8, 4) is 0 Å². The molecule has 0 bridgehead atoms. The van der Waals surface area contributed by atoms with Crippen LogP contribution < -0.4 is 10.0 Å². The lowest BCUT2D eigenvalue weighted by Gasteiger charge is -2.32. The van der Waals surface area contributed by atoms with Crippen molar-refractivity contribution in [3.63, 3.8) is 0 Å². The Morgan fingerprint density at radius 3 is 2.65 bits per heavy atom. The van der Waals surface area contributed by atoms with Gasteiger partial charge in [-0.3, -0.25) is 9.69 Å². The number of carbonyl (C=O) groups is 1.